The largest absolute Gasteiger partial charge is 0.391 e. The Kier molecular flexibility index (Phi) is 5.00. The van der Waals surface area contributed by atoms with E-state index in [-0.39, 0.29) is 0 Å². The van der Waals surface area contributed by atoms with Gasteiger partial charge in [-0.05, 0) is 14.0 Å². The van der Waals surface area contributed by atoms with Gasteiger partial charge in [-0.15, -0.1) is 0 Å². The molecule has 0 fully saturated rings. The number of Topliss-reactive ketones (excluding diaryl/α,β-unsaturated/α-hetero) is 1. The van der Waals surface area contributed by atoms with Crippen molar-refractivity contribution < 1.29 is 20.1 Å². The van der Waals surface area contributed by atoms with Gasteiger partial charge in [0.25, 0.3) is 0 Å². The third kappa shape index (κ3) is 2.86. The minimum atomic E-state index is -1.19. The van der Waals surface area contributed by atoms with Crippen LogP contribution in [0.2, 0.25) is 0 Å². The summed E-state index contributed by atoms with van der Waals surface area (Å²) < 4.78 is 0. The van der Waals surface area contributed by atoms with Crippen LogP contribution in [-0.4, -0.2) is 53.0 Å². The molecule has 0 heterocycles. The van der Waals surface area contributed by atoms with E-state index in [2.05, 4.69) is 5.32 Å². The minimum Gasteiger partial charge on any atom is -0.391 e. The van der Waals surface area contributed by atoms with Crippen molar-refractivity contribution in [3.63, 3.8) is 0 Å². The maximum Gasteiger partial charge on any atom is 0.177 e. The third-order valence-electron chi connectivity index (χ3n) is 1.65. The van der Waals surface area contributed by atoms with E-state index in [9.17, 15) is 9.90 Å². The molecular weight excluding hydrogens is 162 g/mol. The lowest BCUT2D eigenvalue weighted by atomic mass is 10.0. The quantitative estimate of drug-likeness (QED) is 0.385. The van der Waals surface area contributed by atoms with Crippen molar-refractivity contribution in [1.82, 2.24) is 5.32 Å². The molecule has 0 unspecified atom stereocenters. The van der Waals surface area contributed by atoms with E-state index in [1.165, 1.54) is 14.0 Å². The van der Waals surface area contributed by atoms with Gasteiger partial charge < -0.3 is 20.6 Å². The molecule has 0 aromatic heterocycles. The summed E-state index contributed by atoms with van der Waals surface area (Å²) in [6.07, 6.45) is -2.19. The zero-order chi connectivity index (χ0) is 9.72. The summed E-state index contributed by atoms with van der Waals surface area (Å²) >= 11 is 0. The van der Waals surface area contributed by atoms with E-state index in [0.717, 1.165) is 0 Å². The van der Waals surface area contributed by atoms with Gasteiger partial charge in [0.15, 0.2) is 5.78 Å². The number of hydrogen-bond acceptors (Lipinski definition) is 5. The highest BCUT2D eigenvalue weighted by Gasteiger charge is 2.27. The molecule has 0 rings (SSSR count). The van der Waals surface area contributed by atoms with Crippen molar-refractivity contribution in [3.05, 3.63) is 0 Å². The van der Waals surface area contributed by atoms with E-state index >= 15 is 0 Å². The number of aliphatic hydroxyl groups excluding tert-OH is 3. The molecule has 0 aliphatic rings. The van der Waals surface area contributed by atoms with Crippen LogP contribution in [0, 0.1) is 0 Å². The molecule has 0 aliphatic carbocycles. The van der Waals surface area contributed by atoms with Crippen LogP contribution in [0.1, 0.15) is 6.92 Å². The molecule has 0 bridgehead atoms. The molecule has 12 heavy (non-hydrogen) atoms. The van der Waals surface area contributed by atoms with Crippen molar-refractivity contribution >= 4 is 5.78 Å². The van der Waals surface area contributed by atoms with Crippen LogP contribution in [-0.2, 0) is 4.79 Å². The zero-order valence-electron chi connectivity index (χ0n) is 7.19. The average Bonchev–Trinajstić information content (AvgIpc) is 2.05. The fourth-order valence-corrected chi connectivity index (χ4v) is 0.899. The molecule has 4 N–H and O–H groups in total. The summed E-state index contributed by atoms with van der Waals surface area (Å²) in [6.45, 7) is 0.731. The number of carbonyl (C=O) groups excluding carboxylic acids is 1. The van der Waals surface area contributed by atoms with Gasteiger partial charge in [-0.1, -0.05) is 0 Å². The Morgan fingerprint density at radius 3 is 2.25 bits per heavy atom. The monoisotopic (exact) mass is 177 g/mol. The number of nitrogens with one attached hydrogen (secondary N) is 1. The Morgan fingerprint density at radius 2 is 2.00 bits per heavy atom. The predicted octanol–water partition coefficient (Wildman–Crippen LogP) is -2.12. The number of likely N-dealkylation sites (N-methyl/N-ethyl adjacent to an activating group) is 1. The highest BCUT2D eigenvalue weighted by Crippen LogP contribution is 2.00. The van der Waals surface area contributed by atoms with Crippen LogP contribution in [0.25, 0.3) is 0 Å². The summed E-state index contributed by atoms with van der Waals surface area (Å²) in [5.74, 6) is -0.536. The molecule has 0 saturated heterocycles. The molecule has 0 amide bonds. The number of carbonyl (C=O) groups is 1. The van der Waals surface area contributed by atoms with Crippen molar-refractivity contribution in [2.45, 2.75) is 25.2 Å². The third-order valence-corrected chi connectivity index (χ3v) is 1.65. The number of ketones is 1. The summed E-state index contributed by atoms with van der Waals surface area (Å²) in [4.78, 5) is 10.9. The first-order chi connectivity index (χ1) is 5.54. The number of hydrogen-bond donors (Lipinski definition) is 4. The molecule has 0 aromatic carbocycles. The van der Waals surface area contributed by atoms with Gasteiger partial charge in [0.05, 0.1) is 12.1 Å². The van der Waals surface area contributed by atoms with Gasteiger partial charge in [-0.3, -0.25) is 4.79 Å². The molecule has 5 nitrogen and oxygen atoms in total. The van der Waals surface area contributed by atoms with Crippen LogP contribution in [0.3, 0.4) is 0 Å². The molecule has 0 aliphatic heterocycles. The lowest BCUT2D eigenvalue weighted by Crippen LogP contribution is -2.50. The molecular formula is C7H15NO4. The molecule has 5 heteroatoms. The Morgan fingerprint density at radius 1 is 1.50 bits per heavy atom. The molecule has 0 aromatic rings. The molecule has 0 radical (unpaired) electrons. The highest BCUT2D eigenvalue weighted by atomic mass is 16.3. The first kappa shape index (κ1) is 11.5. The zero-order valence-corrected chi connectivity index (χ0v) is 7.19. The predicted molar refractivity (Wildman–Crippen MR) is 42.6 cm³/mol. The fraction of sp³-hybridized carbons (Fsp3) is 0.857. The summed E-state index contributed by atoms with van der Waals surface area (Å²) in [5, 5.41) is 29.2. The number of rotatable bonds is 5. The van der Waals surface area contributed by atoms with Gasteiger partial charge in [0.1, 0.15) is 12.7 Å². The lowest BCUT2D eigenvalue weighted by molar-refractivity contribution is -0.128. The van der Waals surface area contributed by atoms with Crippen molar-refractivity contribution in [2.75, 3.05) is 13.7 Å². The van der Waals surface area contributed by atoms with Crippen molar-refractivity contribution in [2.24, 2.45) is 0 Å². The maximum absolute atomic E-state index is 10.9. The number of aliphatic hydroxyl groups is 3. The molecule has 72 valence electrons. The second-order valence-corrected chi connectivity index (χ2v) is 2.62. The van der Waals surface area contributed by atoms with Crippen LogP contribution in [0.5, 0.6) is 0 Å². The average molecular weight is 177 g/mol. The maximum atomic E-state index is 10.9. The van der Waals surface area contributed by atoms with Crippen LogP contribution in [0.15, 0.2) is 0 Å². The van der Waals surface area contributed by atoms with Crippen molar-refractivity contribution in [1.29, 1.82) is 0 Å². The van der Waals surface area contributed by atoms with Gasteiger partial charge >= 0.3 is 0 Å². The van der Waals surface area contributed by atoms with Crippen LogP contribution >= 0.6 is 0 Å². The highest BCUT2D eigenvalue weighted by molar-refractivity contribution is 5.85. The first-order valence-corrected chi connectivity index (χ1v) is 3.71. The van der Waals surface area contributed by atoms with Crippen LogP contribution in [0.4, 0.5) is 0 Å². The van der Waals surface area contributed by atoms with E-state index in [0.29, 0.717) is 0 Å². The Balaban J connectivity index is 4.23. The lowest BCUT2D eigenvalue weighted by Gasteiger charge is -2.22. The van der Waals surface area contributed by atoms with Gasteiger partial charge in [-0.25, -0.2) is 0 Å². The first-order valence-electron chi connectivity index (χ1n) is 3.71. The van der Waals surface area contributed by atoms with Crippen molar-refractivity contribution in [3.8, 4) is 0 Å². The molecule has 0 spiro atoms. The Bertz CT molecular complexity index is 148. The van der Waals surface area contributed by atoms with E-state index in [1.807, 2.05) is 0 Å². The summed E-state index contributed by atoms with van der Waals surface area (Å²) in [7, 11) is 1.48. The van der Waals surface area contributed by atoms with E-state index in [1.54, 1.807) is 0 Å². The topological polar surface area (TPSA) is 89.8 Å². The normalized spacial score (nSPS) is 18.4. The standard InChI is InChI=1S/C7H15NO4/c1-4(10)7(12)6(8-2)5(11)3-9/h4,6-10,12H,3H2,1-2H3/t4-,6-,7+/m1/s1. The fourth-order valence-electron chi connectivity index (χ4n) is 0.899. The molecule has 0 saturated carbocycles. The second-order valence-electron chi connectivity index (χ2n) is 2.62. The minimum absolute atomic E-state index is 0.536. The van der Waals surface area contributed by atoms with Gasteiger partial charge in [0, 0.05) is 0 Å². The molecule has 3 atom stereocenters. The van der Waals surface area contributed by atoms with Gasteiger partial charge in [-0.2, -0.15) is 0 Å². The Hall–Kier alpha value is -0.490. The van der Waals surface area contributed by atoms with E-state index < -0.39 is 30.6 Å². The van der Waals surface area contributed by atoms with Gasteiger partial charge in [0.2, 0.25) is 0 Å². The summed E-state index contributed by atoms with van der Waals surface area (Å²) in [5.41, 5.74) is 0. The summed E-state index contributed by atoms with van der Waals surface area (Å²) in [6, 6.07) is -0.907. The Labute approximate surface area is 71.0 Å². The smallest absolute Gasteiger partial charge is 0.177 e. The van der Waals surface area contributed by atoms with E-state index in [4.69, 9.17) is 10.2 Å². The SMILES string of the molecule is CN[C@H](C(=O)CO)[C@@H](O)[C@@H](C)O. The van der Waals surface area contributed by atoms with Crippen LogP contribution < -0.4 is 5.32 Å². The second kappa shape index (κ2) is 5.21.